The van der Waals surface area contributed by atoms with Crippen LogP contribution in [0.3, 0.4) is 0 Å². The zero-order valence-corrected chi connectivity index (χ0v) is 17.2. The van der Waals surface area contributed by atoms with Crippen LogP contribution < -0.4 is 10.1 Å². The van der Waals surface area contributed by atoms with Crippen molar-refractivity contribution in [1.82, 2.24) is 9.62 Å². The summed E-state index contributed by atoms with van der Waals surface area (Å²) in [6.07, 6.45) is 0.662. The summed E-state index contributed by atoms with van der Waals surface area (Å²) in [7, 11) is 0.866. The molecule has 0 aliphatic heterocycles. The highest BCUT2D eigenvalue weighted by Crippen LogP contribution is 2.25. The number of sulfonamides is 1. The van der Waals surface area contributed by atoms with E-state index < -0.39 is 10.0 Å². The third-order valence-corrected chi connectivity index (χ3v) is 6.62. The molecule has 0 aromatic heterocycles. The van der Waals surface area contributed by atoms with Crippen molar-refractivity contribution < 1.29 is 17.9 Å². The maximum Gasteiger partial charge on any atom is 0.251 e. The van der Waals surface area contributed by atoms with Gasteiger partial charge in [0.05, 0.1) is 12.0 Å². The van der Waals surface area contributed by atoms with Crippen molar-refractivity contribution in [1.29, 1.82) is 0 Å². The van der Waals surface area contributed by atoms with E-state index in [4.69, 9.17) is 4.74 Å². The maximum absolute atomic E-state index is 12.3. The molecule has 0 fully saturated rings. The molecule has 1 N–H and O–H groups in total. The summed E-state index contributed by atoms with van der Waals surface area (Å²) in [5, 5.41) is 2.81. The van der Waals surface area contributed by atoms with Gasteiger partial charge in [-0.25, -0.2) is 12.7 Å². The van der Waals surface area contributed by atoms with E-state index in [2.05, 4.69) is 21.2 Å². The quantitative estimate of drug-likeness (QED) is 0.717. The van der Waals surface area contributed by atoms with E-state index in [-0.39, 0.29) is 10.8 Å². The summed E-state index contributed by atoms with van der Waals surface area (Å²) in [5.74, 6) is 0.462. The van der Waals surface area contributed by atoms with Gasteiger partial charge < -0.3 is 10.1 Å². The Morgan fingerprint density at radius 2 is 1.81 bits per heavy atom. The van der Waals surface area contributed by atoms with Gasteiger partial charge in [0.25, 0.3) is 5.91 Å². The van der Waals surface area contributed by atoms with Crippen molar-refractivity contribution in [2.75, 3.05) is 27.7 Å². The Kier molecular flexibility index (Phi) is 6.80. The molecule has 0 radical (unpaired) electrons. The van der Waals surface area contributed by atoms with Gasteiger partial charge >= 0.3 is 0 Å². The average molecular weight is 441 g/mol. The highest BCUT2D eigenvalue weighted by atomic mass is 79.9. The number of benzene rings is 2. The molecular weight excluding hydrogens is 420 g/mol. The first-order valence-electron chi connectivity index (χ1n) is 7.89. The second kappa shape index (κ2) is 8.66. The molecule has 0 unspecified atom stereocenters. The van der Waals surface area contributed by atoms with Gasteiger partial charge in [-0.1, -0.05) is 12.1 Å². The summed E-state index contributed by atoms with van der Waals surface area (Å²) >= 11 is 3.23. The number of hydrogen-bond acceptors (Lipinski definition) is 4. The van der Waals surface area contributed by atoms with Gasteiger partial charge in [0.15, 0.2) is 0 Å². The van der Waals surface area contributed by atoms with E-state index in [0.29, 0.717) is 23.0 Å². The van der Waals surface area contributed by atoms with E-state index in [9.17, 15) is 13.2 Å². The number of carbonyl (C=O) groups excluding carboxylic acids is 1. The summed E-state index contributed by atoms with van der Waals surface area (Å²) in [6, 6.07) is 12.1. The number of methoxy groups -OCH3 is 1. The molecule has 0 saturated heterocycles. The van der Waals surface area contributed by atoms with E-state index >= 15 is 0 Å². The molecule has 2 aromatic carbocycles. The standard InChI is InChI=1S/C18H21BrN2O4S/c1-21(2)26(23,24)17-12-14(6-9-16(17)19)18(22)20-11-10-13-4-7-15(25-3)8-5-13/h4-9,12H,10-11H2,1-3H3,(H,20,22). The Hall–Kier alpha value is -1.90. The van der Waals surface area contributed by atoms with Crippen molar-refractivity contribution in [2.45, 2.75) is 11.3 Å². The number of nitrogens with zero attached hydrogens (tertiary/aromatic N) is 1. The molecule has 0 bridgehead atoms. The van der Waals surface area contributed by atoms with Crippen LogP contribution in [0.15, 0.2) is 51.8 Å². The Morgan fingerprint density at radius 3 is 2.38 bits per heavy atom. The number of halogens is 1. The Labute approximate surface area is 162 Å². The average Bonchev–Trinajstić information content (AvgIpc) is 2.62. The summed E-state index contributed by atoms with van der Waals surface area (Å²) in [4.78, 5) is 12.4. The van der Waals surface area contributed by atoms with Crippen molar-refractivity contribution >= 4 is 31.9 Å². The normalized spacial score (nSPS) is 11.4. The monoisotopic (exact) mass is 440 g/mol. The summed E-state index contributed by atoms with van der Waals surface area (Å²) in [6.45, 7) is 0.441. The lowest BCUT2D eigenvalue weighted by Crippen LogP contribution is -2.27. The number of rotatable bonds is 7. The number of ether oxygens (including phenoxy) is 1. The summed E-state index contributed by atoms with van der Waals surface area (Å²) < 4.78 is 31.3. The second-order valence-electron chi connectivity index (χ2n) is 5.79. The lowest BCUT2D eigenvalue weighted by molar-refractivity contribution is 0.0954. The van der Waals surface area contributed by atoms with Crippen LogP contribution in [-0.4, -0.2) is 46.4 Å². The molecule has 140 valence electrons. The van der Waals surface area contributed by atoms with E-state index in [0.717, 1.165) is 15.6 Å². The summed E-state index contributed by atoms with van der Waals surface area (Å²) in [5.41, 5.74) is 1.36. The van der Waals surface area contributed by atoms with Crippen molar-refractivity contribution in [2.24, 2.45) is 0 Å². The molecule has 1 amide bonds. The van der Waals surface area contributed by atoms with Crippen LogP contribution in [0, 0.1) is 0 Å². The van der Waals surface area contributed by atoms with Gasteiger partial charge in [0.2, 0.25) is 10.0 Å². The molecule has 2 rings (SSSR count). The van der Waals surface area contributed by atoms with E-state index in [1.54, 1.807) is 19.2 Å². The van der Waals surface area contributed by atoms with Gasteiger partial charge in [-0.15, -0.1) is 0 Å². The van der Waals surface area contributed by atoms with E-state index in [1.807, 2.05) is 24.3 Å². The van der Waals surface area contributed by atoms with Gasteiger partial charge in [-0.3, -0.25) is 4.79 Å². The first-order valence-corrected chi connectivity index (χ1v) is 10.1. The third kappa shape index (κ3) is 4.84. The van der Waals surface area contributed by atoms with Crippen molar-refractivity contribution in [3.63, 3.8) is 0 Å². The smallest absolute Gasteiger partial charge is 0.251 e. The number of amides is 1. The van der Waals surface area contributed by atoms with Crippen LogP contribution in [0.1, 0.15) is 15.9 Å². The van der Waals surface area contributed by atoms with Crippen LogP contribution in [0.25, 0.3) is 0 Å². The number of hydrogen-bond donors (Lipinski definition) is 1. The van der Waals surface area contributed by atoms with E-state index in [1.165, 1.54) is 20.2 Å². The largest absolute Gasteiger partial charge is 0.497 e. The molecule has 26 heavy (non-hydrogen) atoms. The van der Waals surface area contributed by atoms with Gasteiger partial charge in [-0.05, 0) is 58.2 Å². The molecule has 0 saturated carbocycles. The minimum Gasteiger partial charge on any atom is -0.497 e. The zero-order chi connectivity index (χ0) is 19.3. The van der Waals surface area contributed by atoms with Crippen LogP contribution in [-0.2, 0) is 16.4 Å². The molecule has 0 spiro atoms. The van der Waals surface area contributed by atoms with Crippen LogP contribution in [0.4, 0.5) is 0 Å². The Bertz CT molecular complexity index is 881. The lowest BCUT2D eigenvalue weighted by atomic mass is 10.1. The molecule has 0 heterocycles. The van der Waals surface area contributed by atoms with Crippen molar-refractivity contribution in [3.05, 3.63) is 58.1 Å². The minimum atomic E-state index is -3.64. The zero-order valence-electron chi connectivity index (χ0n) is 14.8. The fourth-order valence-corrected chi connectivity index (χ4v) is 4.10. The SMILES string of the molecule is COc1ccc(CCNC(=O)c2ccc(Br)c(S(=O)(=O)N(C)C)c2)cc1. The number of nitrogens with one attached hydrogen (secondary N) is 1. The number of carbonyl (C=O) groups is 1. The van der Waals surface area contributed by atoms with Crippen LogP contribution in [0.2, 0.25) is 0 Å². The lowest BCUT2D eigenvalue weighted by Gasteiger charge is -2.14. The fraction of sp³-hybridized carbons (Fsp3) is 0.278. The molecule has 6 nitrogen and oxygen atoms in total. The van der Waals surface area contributed by atoms with Crippen molar-refractivity contribution in [3.8, 4) is 5.75 Å². The fourth-order valence-electron chi connectivity index (χ4n) is 2.25. The highest BCUT2D eigenvalue weighted by Gasteiger charge is 2.22. The molecule has 0 atom stereocenters. The molecule has 2 aromatic rings. The van der Waals surface area contributed by atoms with Crippen LogP contribution >= 0.6 is 15.9 Å². The first kappa shape index (κ1) is 20.4. The third-order valence-electron chi connectivity index (χ3n) is 3.81. The topological polar surface area (TPSA) is 75.7 Å². The van der Waals surface area contributed by atoms with Gasteiger partial charge in [0, 0.05) is 30.7 Å². The molecule has 8 heteroatoms. The highest BCUT2D eigenvalue weighted by molar-refractivity contribution is 9.10. The molecule has 0 aliphatic carbocycles. The maximum atomic E-state index is 12.3. The van der Waals surface area contributed by atoms with Crippen LogP contribution in [0.5, 0.6) is 5.75 Å². The Morgan fingerprint density at radius 1 is 1.15 bits per heavy atom. The molecular formula is C18H21BrN2O4S. The Balaban J connectivity index is 2.05. The second-order valence-corrected chi connectivity index (χ2v) is 8.76. The van der Waals surface area contributed by atoms with Gasteiger partial charge in [0.1, 0.15) is 5.75 Å². The minimum absolute atomic E-state index is 0.0605. The predicted molar refractivity (Wildman–Crippen MR) is 104 cm³/mol. The first-order chi connectivity index (χ1) is 12.3. The van der Waals surface area contributed by atoms with Gasteiger partial charge in [-0.2, -0.15) is 0 Å². The predicted octanol–water partition coefficient (Wildman–Crippen LogP) is 2.68. The molecule has 0 aliphatic rings.